The van der Waals surface area contributed by atoms with Gasteiger partial charge in [-0.25, -0.2) is 4.39 Å². The van der Waals surface area contributed by atoms with Crippen LogP contribution in [0.2, 0.25) is 0 Å². The lowest BCUT2D eigenvalue weighted by Gasteiger charge is -2.26. The first-order valence-electron chi connectivity index (χ1n) is 5.18. The third-order valence-electron chi connectivity index (χ3n) is 2.47. The van der Waals surface area contributed by atoms with Crippen LogP contribution in [0, 0.1) is 5.82 Å². The van der Waals surface area contributed by atoms with Gasteiger partial charge in [0.15, 0.2) is 0 Å². The molecule has 0 saturated heterocycles. The molecule has 84 valence electrons. The van der Waals surface area contributed by atoms with E-state index >= 15 is 0 Å². The second kappa shape index (κ2) is 5.24. The molecule has 15 heavy (non-hydrogen) atoms. The second-order valence-corrected chi connectivity index (χ2v) is 4.32. The summed E-state index contributed by atoms with van der Waals surface area (Å²) in [5.41, 5.74) is 0.566. The molecule has 2 N–H and O–H groups in total. The molecule has 0 aliphatic heterocycles. The molecule has 1 aromatic rings. The van der Waals surface area contributed by atoms with E-state index in [-0.39, 0.29) is 11.2 Å². The van der Waals surface area contributed by atoms with Gasteiger partial charge in [-0.05, 0) is 18.7 Å². The van der Waals surface area contributed by atoms with Crippen molar-refractivity contribution in [3.8, 4) is 0 Å². The van der Waals surface area contributed by atoms with Gasteiger partial charge in [0.2, 0.25) is 0 Å². The molecular weight excluding hydrogens is 191 g/mol. The molecule has 3 heteroatoms. The highest BCUT2D eigenvalue weighted by Crippen LogP contribution is 2.24. The smallest absolute Gasteiger partial charge is 0.126 e. The summed E-state index contributed by atoms with van der Waals surface area (Å²) >= 11 is 0. The molecule has 1 aromatic carbocycles. The minimum absolute atomic E-state index is 0.131. The van der Waals surface area contributed by atoms with Gasteiger partial charge < -0.3 is 10.6 Å². The van der Waals surface area contributed by atoms with E-state index in [0.717, 1.165) is 18.8 Å². The highest BCUT2D eigenvalue weighted by atomic mass is 19.1. The SMILES string of the molecule is CNCNCC(C)(C)c1ccccc1F. The minimum atomic E-state index is -0.192. The Balaban J connectivity index is 2.72. The van der Waals surface area contributed by atoms with Crippen LogP contribution in [-0.4, -0.2) is 20.3 Å². The Morgan fingerprint density at radius 1 is 1.27 bits per heavy atom. The second-order valence-electron chi connectivity index (χ2n) is 4.32. The first-order valence-corrected chi connectivity index (χ1v) is 5.18. The van der Waals surface area contributed by atoms with E-state index in [4.69, 9.17) is 0 Å². The fraction of sp³-hybridized carbons (Fsp3) is 0.500. The molecule has 0 saturated carbocycles. The fourth-order valence-corrected chi connectivity index (χ4v) is 1.61. The number of halogens is 1. The van der Waals surface area contributed by atoms with E-state index in [2.05, 4.69) is 10.6 Å². The molecule has 1 rings (SSSR count). The Labute approximate surface area is 90.9 Å². The van der Waals surface area contributed by atoms with Gasteiger partial charge in [0.1, 0.15) is 5.82 Å². The molecule has 0 amide bonds. The predicted molar refractivity (Wildman–Crippen MR) is 61.4 cm³/mol. The molecule has 0 atom stereocenters. The fourth-order valence-electron chi connectivity index (χ4n) is 1.61. The van der Waals surface area contributed by atoms with E-state index in [0.29, 0.717) is 0 Å². The third-order valence-corrected chi connectivity index (χ3v) is 2.47. The average molecular weight is 210 g/mol. The monoisotopic (exact) mass is 210 g/mol. The largest absolute Gasteiger partial charge is 0.308 e. The first-order chi connectivity index (χ1) is 7.08. The van der Waals surface area contributed by atoms with Crippen LogP contribution in [0.3, 0.4) is 0 Å². The van der Waals surface area contributed by atoms with Crippen molar-refractivity contribution in [2.45, 2.75) is 19.3 Å². The van der Waals surface area contributed by atoms with E-state index in [1.165, 1.54) is 6.07 Å². The van der Waals surface area contributed by atoms with Crippen LogP contribution >= 0.6 is 0 Å². The quantitative estimate of drug-likeness (QED) is 0.572. The molecule has 0 heterocycles. The molecule has 0 aromatic heterocycles. The number of nitrogens with one attached hydrogen (secondary N) is 2. The van der Waals surface area contributed by atoms with Crippen LogP contribution in [0.25, 0.3) is 0 Å². The zero-order chi connectivity index (χ0) is 11.3. The zero-order valence-electron chi connectivity index (χ0n) is 9.60. The topological polar surface area (TPSA) is 24.1 Å². The van der Waals surface area contributed by atoms with Crippen LogP contribution in [-0.2, 0) is 5.41 Å². The van der Waals surface area contributed by atoms with Crippen LogP contribution < -0.4 is 10.6 Å². The lowest BCUT2D eigenvalue weighted by atomic mass is 9.84. The van der Waals surface area contributed by atoms with E-state index in [1.807, 2.05) is 33.0 Å². The van der Waals surface area contributed by atoms with Gasteiger partial charge in [0.25, 0.3) is 0 Å². The molecule has 0 fully saturated rings. The van der Waals surface area contributed by atoms with Gasteiger partial charge in [-0.15, -0.1) is 0 Å². The van der Waals surface area contributed by atoms with Gasteiger partial charge in [0, 0.05) is 18.6 Å². The lowest BCUT2D eigenvalue weighted by molar-refractivity contribution is 0.438. The van der Waals surface area contributed by atoms with Crippen molar-refractivity contribution in [1.29, 1.82) is 0 Å². The standard InChI is InChI=1S/C12H19FN2/c1-12(2,8-15-9-14-3)10-6-4-5-7-11(10)13/h4-7,14-15H,8-9H2,1-3H3. The summed E-state index contributed by atoms with van der Waals surface area (Å²) in [6, 6.07) is 6.94. The Morgan fingerprint density at radius 2 is 1.93 bits per heavy atom. The minimum Gasteiger partial charge on any atom is -0.308 e. The molecule has 2 nitrogen and oxygen atoms in total. The lowest BCUT2D eigenvalue weighted by Crippen LogP contribution is -2.37. The van der Waals surface area contributed by atoms with Crippen LogP contribution in [0.5, 0.6) is 0 Å². The Morgan fingerprint density at radius 3 is 2.53 bits per heavy atom. The predicted octanol–water partition coefficient (Wildman–Crippen LogP) is 1.87. The summed E-state index contributed by atoms with van der Waals surface area (Å²) in [5, 5.41) is 6.22. The average Bonchev–Trinajstić information content (AvgIpc) is 2.18. The molecule has 0 aliphatic rings. The van der Waals surface area contributed by atoms with Crippen molar-refractivity contribution >= 4 is 0 Å². The van der Waals surface area contributed by atoms with E-state index in [9.17, 15) is 4.39 Å². The number of hydrogen-bond acceptors (Lipinski definition) is 2. The van der Waals surface area contributed by atoms with Gasteiger partial charge in [0.05, 0.1) is 0 Å². The van der Waals surface area contributed by atoms with E-state index < -0.39 is 0 Å². The highest BCUT2D eigenvalue weighted by molar-refractivity contribution is 5.25. The molecule has 0 bridgehead atoms. The Hall–Kier alpha value is -0.930. The van der Waals surface area contributed by atoms with Crippen LogP contribution in [0.15, 0.2) is 24.3 Å². The van der Waals surface area contributed by atoms with Crippen molar-refractivity contribution in [1.82, 2.24) is 10.6 Å². The van der Waals surface area contributed by atoms with Crippen molar-refractivity contribution in [3.63, 3.8) is 0 Å². The van der Waals surface area contributed by atoms with E-state index in [1.54, 1.807) is 6.07 Å². The highest BCUT2D eigenvalue weighted by Gasteiger charge is 2.22. The van der Waals surface area contributed by atoms with Gasteiger partial charge >= 0.3 is 0 Å². The Bertz CT molecular complexity index is 310. The maximum atomic E-state index is 13.6. The Kier molecular flexibility index (Phi) is 4.24. The van der Waals surface area contributed by atoms with Gasteiger partial charge in [-0.3, -0.25) is 0 Å². The maximum absolute atomic E-state index is 13.6. The molecule has 0 unspecified atom stereocenters. The van der Waals surface area contributed by atoms with Gasteiger partial charge in [-0.1, -0.05) is 32.0 Å². The number of benzene rings is 1. The summed E-state index contributed by atoms with van der Waals surface area (Å²) in [6.45, 7) is 5.55. The van der Waals surface area contributed by atoms with Crippen molar-refractivity contribution < 1.29 is 4.39 Å². The third kappa shape index (κ3) is 3.29. The summed E-state index contributed by atoms with van der Waals surface area (Å²) in [6.07, 6.45) is 0. The van der Waals surface area contributed by atoms with Gasteiger partial charge in [-0.2, -0.15) is 0 Å². The summed E-state index contributed by atoms with van der Waals surface area (Å²) in [4.78, 5) is 0. The van der Waals surface area contributed by atoms with Crippen LogP contribution in [0.1, 0.15) is 19.4 Å². The maximum Gasteiger partial charge on any atom is 0.126 e. The number of hydrogen-bond donors (Lipinski definition) is 2. The summed E-state index contributed by atoms with van der Waals surface area (Å²) < 4.78 is 13.6. The van der Waals surface area contributed by atoms with Crippen molar-refractivity contribution in [2.24, 2.45) is 0 Å². The molecule has 0 aliphatic carbocycles. The van der Waals surface area contributed by atoms with Crippen molar-refractivity contribution in [3.05, 3.63) is 35.6 Å². The zero-order valence-corrected chi connectivity index (χ0v) is 9.60. The summed E-state index contributed by atoms with van der Waals surface area (Å²) in [7, 11) is 1.88. The normalized spacial score (nSPS) is 11.7. The number of rotatable bonds is 5. The summed E-state index contributed by atoms with van der Waals surface area (Å²) in [5.74, 6) is -0.131. The van der Waals surface area contributed by atoms with Crippen molar-refractivity contribution in [2.75, 3.05) is 20.3 Å². The molecular formula is C12H19FN2. The first kappa shape index (κ1) is 12.1. The molecule has 0 spiro atoms. The molecule has 0 radical (unpaired) electrons. The van der Waals surface area contributed by atoms with Crippen LogP contribution in [0.4, 0.5) is 4.39 Å².